The van der Waals surface area contributed by atoms with Gasteiger partial charge in [-0.3, -0.25) is 0 Å². The van der Waals surface area contributed by atoms with Gasteiger partial charge < -0.3 is 5.11 Å². The first-order valence-corrected chi connectivity index (χ1v) is 8.89. The summed E-state index contributed by atoms with van der Waals surface area (Å²) in [5, 5.41) is 10.4. The lowest BCUT2D eigenvalue weighted by molar-refractivity contribution is 0.162. The van der Waals surface area contributed by atoms with Crippen molar-refractivity contribution in [1.29, 1.82) is 0 Å². The van der Waals surface area contributed by atoms with Crippen LogP contribution in [0.25, 0.3) is 0 Å². The quantitative estimate of drug-likeness (QED) is 0.453. The minimum Gasteiger partial charge on any atom is -0.388 e. The number of benzene rings is 1. The molecule has 1 unspecified atom stereocenters. The van der Waals surface area contributed by atoms with Crippen LogP contribution in [0.15, 0.2) is 24.3 Å². The number of aliphatic hydroxyl groups is 1. The van der Waals surface area contributed by atoms with E-state index >= 15 is 0 Å². The van der Waals surface area contributed by atoms with Crippen molar-refractivity contribution in [2.75, 3.05) is 0 Å². The van der Waals surface area contributed by atoms with Gasteiger partial charge in [0.25, 0.3) is 0 Å². The molecule has 0 aliphatic rings. The van der Waals surface area contributed by atoms with Gasteiger partial charge >= 0.3 is 0 Å². The Bertz CT molecular complexity index is 359. The highest BCUT2D eigenvalue weighted by Gasteiger charge is 2.11. The predicted octanol–water partition coefficient (Wildman–Crippen LogP) is 6.21. The van der Waals surface area contributed by atoms with E-state index in [4.69, 9.17) is 0 Å². The van der Waals surface area contributed by atoms with E-state index in [-0.39, 0.29) is 6.10 Å². The summed E-state index contributed by atoms with van der Waals surface area (Å²) in [6.07, 6.45) is 14.3. The van der Waals surface area contributed by atoms with Crippen molar-refractivity contribution in [3.05, 3.63) is 41.8 Å². The second-order valence-corrected chi connectivity index (χ2v) is 6.02. The monoisotopic (exact) mass is 289 g/mol. The van der Waals surface area contributed by atoms with Crippen molar-refractivity contribution in [3.63, 3.8) is 0 Å². The molecule has 0 aromatic heterocycles. The van der Waals surface area contributed by atoms with Crippen molar-refractivity contribution < 1.29 is 5.11 Å². The maximum atomic E-state index is 10.4. The lowest BCUT2D eigenvalue weighted by atomic mass is 9.95. The molecule has 0 fully saturated rings. The number of hydrogen-bond donors (Lipinski definition) is 1. The molecule has 119 valence electrons. The zero-order chi connectivity index (χ0) is 15.3. The zero-order valence-corrected chi connectivity index (χ0v) is 14.0. The van der Waals surface area contributed by atoms with Crippen LogP contribution in [0.2, 0.25) is 0 Å². The summed E-state index contributed by atoms with van der Waals surface area (Å²) < 4.78 is 0. The van der Waals surface area contributed by atoms with E-state index in [0.29, 0.717) is 0 Å². The molecule has 0 saturated carbocycles. The van der Waals surface area contributed by atoms with E-state index in [9.17, 15) is 5.11 Å². The number of hydrogen-bond acceptors (Lipinski definition) is 1. The Morgan fingerprint density at radius 3 is 2.19 bits per heavy atom. The summed E-state index contributed by atoms with van der Waals surface area (Å²) in [6, 6.07) is 8.25. The van der Waals surface area contributed by atoms with Crippen LogP contribution in [0, 0.1) is 6.42 Å². The highest BCUT2D eigenvalue weighted by molar-refractivity contribution is 5.34. The topological polar surface area (TPSA) is 20.2 Å². The predicted molar refractivity (Wildman–Crippen MR) is 92.3 cm³/mol. The minimum absolute atomic E-state index is 0.302. The molecule has 0 amide bonds. The van der Waals surface area contributed by atoms with Crippen LogP contribution < -0.4 is 0 Å². The zero-order valence-electron chi connectivity index (χ0n) is 14.0. The van der Waals surface area contributed by atoms with Crippen molar-refractivity contribution in [3.8, 4) is 0 Å². The normalized spacial score (nSPS) is 12.5. The van der Waals surface area contributed by atoms with E-state index < -0.39 is 0 Å². The largest absolute Gasteiger partial charge is 0.388 e. The van der Waals surface area contributed by atoms with Gasteiger partial charge in [0.2, 0.25) is 0 Å². The molecule has 0 saturated heterocycles. The summed E-state index contributed by atoms with van der Waals surface area (Å²) in [7, 11) is 0. The molecular weight excluding hydrogens is 256 g/mol. The lowest BCUT2D eigenvalue weighted by Crippen LogP contribution is -2.01. The van der Waals surface area contributed by atoms with Crippen LogP contribution in [0.3, 0.4) is 0 Å². The second-order valence-electron chi connectivity index (χ2n) is 6.02. The Hall–Kier alpha value is -0.820. The fourth-order valence-electron chi connectivity index (χ4n) is 2.85. The van der Waals surface area contributed by atoms with E-state index in [2.05, 4.69) is 32.4 Å². The third-order valence-corrected chi connectivity index (χ3v) is 4.11. The van der Waals surface area contributed by atoms with Crippen LogP contribution in [0.5, 0.6) is 0 Å². The Morgan fingerprint density at radius 2 is 1.52 bits per heavy atom. The fraction of sp³-hybridized carbons (Fsp3) is 0.650. The third-order valence-electron chi connectivity index (χ3n) is 4.11. The second kappa shape index (κ2) is 11.8. The maximum absolute atomic E-state index is 10.4. The number of unbranched alkanes of at least 4 members (excludes halogenated alkanes) is 7. The lowest BCUT2D eigenvalue weighted by Gasteiger charge is -2.15. The van der Waals surface area contributed by atoms with Crippen LogP contribution >= 0.6 is 0 Å². The highest BCUT2D eigenvalue weighted by atomic mass is 16.3. The summed E-state index contributed by atoms with van der Waals surface area (Å²) in [5.74, 6) is 0. The smallest absolute Gasteiger partial charge is 0.0792 e. The van der Waals surface area contributed by atoms with Crippen LogP contribution in [0.4, 0.5) is 0 Å². The third kappa shape index (κ3) is 7.66. The van der Waals surface area contributed by atoms with Gasteiger partial charge in [-0.2, -0.15) is 0 Å². The molecule has 0 spiro atoms. The number of rotatable bonds is 12. The Labute approximate surface area is 131 Å². The molecule has 0 aliphatic carbocycles. The average Bonchev–Trinajstić information content (AvgIpc) is 2.50. The molecular formula is C20H33O. The molecule has 0 aliphatic heterocycles. The summed E-state index contributed by atoms with van der Waals surface area (Å²) >= 11 is 0. The van der Waals surface area contributed by atoms with Crippen molar-refractivity contribution in [2.45, 2.75) is 84.2 Å². The molecule has 0 bridgehead atoms. The number of aliphatic hydroxyl groups excluding tert-OH is 1. The molecule has 1 heteroatoms. The van der Waals surface area contributed by atoms with Crippen LogP contribution in [-0.2, 0) is 0 Å². The summed E-state index contributed by atoms with van der Waals surface area (Å²) in [5.41, 5.74) is 2.30. The van der Waals surface area contributed by atoms with E-state index in [1.54, 1.807) is 0 Å². The van der Waals surface area contributed by atoms with Gasteiger partial charge in [-0.1, -0.05) is 89.5 Å². The molecule has 1 radical (unpaired) electrons. The van der Waals surface area contributed by atoms with Crippen molar-refractivity contribution >= 4 is 0 Å². The Kier molecular flexibility index (Phi) is 10.2. The Morgan fingerprint density at radius 1 is 0.905 bits per heavy atom. The van der Waals surface area contributed by atoms with Gasteiger partial charge in [0.05, 0.1) is 6.10 Å². The van der Waals surface area contributed by atoms with E-state index in [1.165, 1.54) is 50.5 Å². The van der Waals surface area contributed by atoms with Gasteiger partial charge in [0.15, 0.2) is 0 Å². The standard InChI is InChI=1S/C20H33O/c1-3-5-6-7-8-9-10-11-17-20(21)19-16-13-12-15-18(19)14-4-2/h12-16,20-21H,3-11,17H2,1-2H3. The van der Waals surface area contributed by atoms with Crippen LogP contribution in [0.1, 0.15) is 95.3 Å². The molecule has 1 nitrogen and oxygen atoms in total. The minimum atomic E-state index is -0.302. The average molecular weight is 289 g/mol. The van der Waals surface area contributed by atoms with Crippen molar-refractivity contribution in [2.24, 2.45) is 0 Å². The van der Waals surface area contributed by atoms with Gasteiger partial charge in [-0.15, -0.1) is 0 Å². The van der Waals surface area contributed by atoms with Crippen LogP contribution in [-0.4, -0.2) is 5.11 Å². The maximum Gasteiger partial charge on any atom is 0.0792 e. The van der Waals surface area contributed by atoms with Gasteiger partial charge in [-0.25, -0.2) is 0 Å². The molecule has 1 atom stereocenters. The first-order valence-electron chi connectivity index (χ1n) is 8.89. The van der Waals surface area contributed by atoms with E-state index in [1.807, 2.05) is 12.1 Å². The van der Waals surface area contributed by atoms with E-state index in [0.717, 1.165) is 24.8 Å². The highest BCUT2D eigenvalue weighted by Crippen LogP contribution is 2.25. The SMILES string of the molecule is CC[CH]c1ccccc1C(O)CCCCCCCCCC. The molecule has 1 aromatic rings. The van der Waals surface area contributed by atoms with Crippen molar-refractivity contribution in [1.82, 2.24) is 0 Å². The van der Waals surface area contributed by atoms with Gasteiger partial charge in [-0.05, 0) is 30.4 Å². The van der Waals surface area contributed by atoms with Gasteiger partial charge in [0.1, 0.15) is 0 Å². The molecule has 1 aromatic carbocycles. The molecule has 1 N–H and O–H groups in total. The molecule has 1 rings (SSSR count). The Balaban J connectivity index is 2.20. The molecule has 0 heterocycles. The summed E-state index contributed by atoms with van der Waals surface area (Å²) in [4.78, 5) is 0. The molecule has 21 heavy (non-hydrogen) atoms. The fourth-order valence-corrected chi connectivity index (χ4v) is 2.85. The first-order chi connectivity index (χ1) is 10.3. The summed E-state index contributed by atoms with van der Waals surface area (Å²) in [6.45, 7) is 4.40. The first kappa shape index (κ1) is 18.2. The van der Waals surface area contributed by atoms with Gasteiger partial charge in [0, 0.05) is 0 Å².